The van der Waals surface area contributed by atoms with Crippen molar-refractivity contribution >= 4 is 13.4 Å². The van der Waals surface area contributed by atoms with Gasteiger partial charge in [-0.25, -0.2) is 4.68 Å². The van der Waals surface area contributed by atoms with Crippen molar-refractivity contribution in [3.8, 4) is 0 Å². The van der Waals surface area contributed by atoms with Gasteiger partial charge in [0.25, 0.3) is 0 Å². The molecule has 10 heavy (non-hydrogen) atoms. The van der Waals surface area contributed by atoms with Crippen molar-refractivity contribution in [2.45, 2.75) is 26.3 Å². The quantitative estimate of drug-likeness (QED) is 0.462. The number of rotatable bonds is 0. The summed E-state index contributed by atoms with van der Waals surface area (Å²) in [5.41, 5.74) is 0.444. The fraction of sp³-hybridized carbons (Fsp3) is 0.667. The standard InChI is InChI=1S/C6H10BN3/c1-6(2,3)10-4-5(7)8-9-10/h4H,1-3H3. The molecule has 52 valence electrons. The third-order valence-electron chi connectivity index (χ3n) is 1.20. The first-order valence-corrected chi connectivity index (χ1v) is 3.18. The Hall–Kier alpha value is -0.795. The molecule has 0 bridgehead atoms. The van der Waals surface area contributed by atoms with E-state index in [1.165, 1.54) is 0 Å². The molecular formula is C6H10BN3. The Labute approximate surface area is 61.8 Å². The van der Waals surface area contributed by atoms with Gasteiger partial charge in [0, 0.05) is 11.8 Å². The van der Waals surface area contributed by atoms with Crippen LogP contribution in [-0.4, -0.2) is 22.8 Å². The van der Waals surface area contributed by atoms with E-state index >= 15 is 0 Å². The lowest BCUT2D eigenvalue weighted by Gasteiger charge is -2.17. The molecule has 1 aromatic rings. The van der Waals surface area contributed by atoms with Gasteiger partial charge in [-0.1, -0.05) is 5.21 Å². The molecule has 1 rings (SSSR count). The lowest BCUT2D eigenvalue weighted by atomic mass is 10.1. The maximum Gasteiger partial charge on any atom is 0.146 e. The van der Waals surface area contributed by atoms with Crippen LogP contribution < -0.4 is 5.59 Å². The first-order chi connectivity index (χ1) is 4.50. The summed E-state index contributed by atoms with van der Waals surface area (Å²) >= 11 is 0. The van der Waals surface area contributed by atoms with Crippen LogP contribution in [0, 0.1) is 0 Å². The molecule has 0 aliphatic carbocycles. The summed E-state index contributed by atoms with van der Waals surface area (Å²) < 4.78 is 1.74. The molecule has 0 saturated carbocycles. The molecule has 3 nitrogen and oxygen atoms in total. The zero-order valence-electron chi connectivity index (χ0n) is 6.50. The van der Waals surface area contributed by atoms with Gasteiger partial charge in [-0.2, -0.15) is 0 Å². The van der Waals surface area contributed by atoms with Gasteiger partial charge in [0.15, 0.2) is 0 Å². The average Bonchev–Trinajstić information content (AvgIpc) is 2.11. The van der Waals surface area contributed by atoms with Crippen LogP contribution in [0.2, 0.25) is 0 Å². The van der Waals surface area contributed by atoms with Crippen LogP contribution in [-0.2, 0) is 5.54 Å². The predicted octanol–water partition coefficient (Wildman–Crippen LogP) is -0.173. The SMILES string of the molecule is [B]c1cn(C(C)(C)C)nn1. The lowest BCUT2D eigenvalue weighted by Crippen LogP contribution is -2.22. The van der Waals surface area contributed by atoms with Gasteiger partial charge < -0.3 is 0 Å². The monoisotopic (exact) mass is 135 g/mol. The molecule has 4 heteroatoms. The van der Waals surface area contributed by atoms with E-state index in [1.807, 2.05) is 20.8 Å². The molecular weight excluding hydrogens is 125 g/mol. The van der Waals surface area contributed by atoms with Gasteiger partial charge in [-0.3, -0.25) is 0 Å². The molecule has 1 heterocycles. The van der Waals surface area contributed by atoms with Crippen molar-refractivity contribution in [2.24, 2.45) is 0 Å². The van der Waals surface area contributed by atoms with E-state index in [1.54, 1.807) is 10.9 Å². The smallest absolute Gasteiger partial charge is 0.146 e. The summed E-state index contributed by atoms with van der Waals surface area (Å²) in [6.45, 7) is 6.13. The summed E-state index contributed by atoms with van der Waals surface area (Å²) in [6, 6.07) is 0. The summed E-state index contributed by atoms with van der Waals surface area (Å²) in [7, 11) is 5.38. The Kier molecular flexibility index (Phi) is 1.54. The predicted molar refractivity (Wildman–Crippen MR) is 40.4 cm³/mol. The minimum Gasteiger partial charge on any atom is -0.248 e. The largest absolute Gasteiger partial charge is 0.248 e. The van der Waals surface area contributed by atoms with Crippen LogP contribution in [0.25, 0.3) is 0 Å². The van der Waals surface area contributed by atoms with Crippen LogP contribution in [0.1, 0.15) is 20.8 Å². The van der Waals surface area contributed by atoms with Crippen LogP contribution in [0.5, 0.6) is 0 Å². The minimum absolute atomic E-state index is 0.0232. The molecule has 0 spiro atoms. The first-order valence-electron chi connectivity index (χ1n) is 3.18. The molecule has 2 radical (unpaired) electrons. The van der Waals surface area contributed by atoms with Gasteiger partial charge in [-0.05, 0) is 20.8 Å². The Morgan fingerprint density at radius 2 is 2.10 bits per heavy atom. The van der Waals surface area contributed by atoms with Crippen LogP contribution in [0.3, 0.4) is 0 Å². The molecule has 0 saturated heterocycles. The lowest BCUT2D eigenvalue weighted by molar-refractivity contribution is 0.347. The van der Waals surface area contributed by atoms with E-state index < -0.39 is 0 Å². The maximum atomic E-state index is 5.38. The van der Waals surface area contributed by atoms with E-state index in [4.69, 9.17) is 7.85 Å². The van der Waals surface area contributed by atoms with Crippen molar-refractivity contribution < 1.29 is 0 Å². The fourth-order valence-electron chi connectivity index (χ4n) is 0.605. The molecule has 0 aromatic carbocycles. The zero-order chi connectivity index (χ0) is 7.78. The third-order valence-corrected chi connectivity index (χ3v) is 1.20. The highest BCUT2D eigenvalue weighted by Gasteiger charge is 2.13. The van der Waals surface area contributed by atoms with Crippen molar-refractivity contribution in [3.05, 3.63) is 6.20 Å². The summed E-state index contributed by atoms with van der Waals surface area (Å²) in [5.74, 6) is 0. The van der Waals surface area contributed by atoms with E-state index in [0.717, 1.165) is 0 Å². The molecule has 0 N–H and O–H groups in total. The Morgan fingerprint density at radius 3 is 2.30 bits per heavy atom. The van der Waals surface area contributed by atoms with E-state index in [2.05, 4.69) is 10.3 Å². The number of hydrogen-bond acceptors (Lipinski definition) is 2. The fourth-order valence-corrected chi connectivity index (χ4v) is 0.605. The normalized spacial score (nSPS) is 11.9. The second-order valence-corrected chi connectivity index (χ2v) is 3.26. The van der Waals surface area contributed by atoms with Gasteiger partial charge in [0.1, 0.15) is 7.85 Å². The minimum atomic E-state index is -0.0232. The highest BCUT2D eigenvalue weighted by Crippen LogP contribution is 2.08. The van der Waals surface area contributed by atoms with Crippen LogP contribution in [0.4, 0.5) is 0 Å². The highest BCUT2D eigenvalue weighted by molar-refractivity contribution is 6.30. The molecule has 0 aliphatic heterocycles. The van der Waals surface area contributed by atoms with E-state index in [-0.39, 0.29) is 5.54 Å². The molecule has 0 atom stereocenters. The zero-order valence-corrected chi connectivity index (χ0v) is 6.50. The number of aromatic nitrogens is 3. The van der Waals surface area contributed by atoms with E-state index in [9.17, 15) is 0 Å². The topological polar surface area (TPSA) is 30.7 Å². The molecule has 0 fully saturated rings. The average molecular weight is 135 g/mol. The van der Waals surface area contributed by atoms with Crippen molar-refractivity contribution in [1.29, 1.82) is 0 Å². The Morgan fingerprint density at radius 1 is 1.50 bits per heavy atom. The Balaban J connectivity index is 2.96. The van der Waals surface area contributed by atoms with E-state index in [0.29, 0.717) is 5.59 Å². The maximum absolute atomic E-state index is 5.38. The molecule has 0 unspecified atom stereocenters. The van der Waals surface area contributed by atoms with Crippen LogP contribution >= 0.6 is 0 Å². The van der Waals surface area contributed by atoms with Crippen molar-refractivity contribution in [1.82, 2.24) is 15.0 Å². The van der Waals surface area contributed by atoms with Gasteiger partial charge in [-0.15, -0.1) is 5.10 Å². The van der Waals surface area contributed by atoms with Gasteiger partial charge >= 0.3 is 0 Å². The van der Waals surface area contributed by atoms with Crippen molar-refractivity contribution in [2.75, 3.05) is 0 Å². The number of hydrogen-bond donors (Lipinski definition) is 0. The first kappa shape index (κ1) is 7.31. The molecule has 0 aliphatic rings. The highest BCUT2D eigenvalue weighted by atomic mass is 15.4. The third kappa shape index (κ3) is 1.37. The second kappa shape index (κ2) is 2.11. The van der Waals surface area contributed by atoms with Gasteiger partial charge in [0.05, 0.1) is 5.54 Å². The summed E-state index contributed by atoms with van der Waals surface area (Å²) in [4.78, 5) is 0. The molecule has 1 aromatic heterocycles. The van der Waals surface area contributed by atoms with Gasteiger partial charge in [0.2, 0.25) is 0 Å². The van der Waals surface area contributed by atoms with Crippen molar-refractivity contribution in [3.63, 3.8) is 0 Å². The Bertz CT molecular complexity index is 223. The second-order valence-electron chi connectivity index (χ2n) is 3.26. The van der Waals surface area contributed by atoms with Crippen LogP contribution in [0.15, 0.2) is 6.20 Å². The number of nitrogens with zero attached hydrogens (tertiary/aromatic N) is 3. The summed E-state index contributed by atoms with van der Waals surface area (Å²) in [5, 5.41) is 7.50. The molecule has 0 amide bonds. The summed E-state index contributed by atoms with van der Waals surface area (Å²) in [6.07, 6.45) is 1.72.